The number of hydrogen-bond acceptors (Lipinski definition) is 10. The summed E-state index contributed by atoms with van der Waals surface area (Å²) in [7, 11) is -4.24. The lowest BCUT2D eigenvalue weighted by Crippen LogP contribution is -2.12. The summed E-state index contributed by atoms with van der Waals surface area (Å²) >= 11 is 4.75. The van der Waals surface area contributed by atoms with Crippen LogP contribution in [0, 0.1) is 0 Å². The molecule has 0 heterocycles. The summed E-state index contributed by atoms with van der Waals surface area (Å²) in [6.07, 6.45) is 14.1. The van der Waals surface area contributed by atoms with Crippen LogP contribution in [-0.4, -0.2) is 33.6 Å². The Morgan fingerprint density at radius 3 is 1.06 bits per heavy atom. The minimum atomic E-state index is -4.24. The number of unbranched alkanes of at least 4 members (excludes halogenated alkanes) is 9. The van der Waals surface area contributed by atoms with E-state index in [1.807, 2.05) is 20.8 Å². The smallest absolute Gasteiger partial charge is 0.220 e. The molecule has 0 rings (SSSR count). The summed E-state index contributed by atoms with van der Waals surface area (Å²) in [5, 5.41) is 0. The van der Waals surface area contributed by atoms with E-state index in [0.29, 0.717) is 0 Å². The Balaban J connectivity index is 4.54. The van der Waals surface area contributed by atoms with Crippen molar-refractivity contribution in [1.82, 2.24) is 0 Å². The van der Waals surface area contributed by atoms with Gasteiger partial charge in [0.05, 0.1) is 0 Å². The second-order valence-electron chi connectivity index (χ2n) is 8.46. The Morgan fingerprint density at radius 2 is 0.800 bits per heavy atom. The van der Waals surface area contributed by atoms with Crippen LogP contribution in [0.5, 0.6) is 0 Å². The van der Waals surface area contributed by atoms with Crippen molar-refractivity contribution in [3.05, 3.63) is 0 Å². The van der Waals surface area contributed by atoms with E-state index in [9.17, 15) is 4.57 Å². The average Bonchev–Trinajstić information content (AvgIpc) is 2.85. The molecule has 3 atom stereocenters. The predicted octanol–water partition coefficient (Wildman–Crippen LogP) is 9.92. The molecule has 11 heteroatoms. The van der Waals surface area contributed by atoms with Crippen molar-refractivity contribution in [3.63, 3.8) is 0 Å². The minimum Gasteiger partial charge on any atom is -0.220 e. The fraction of sp³-hybridized carbons (Fsp3) is 1.00. The molecule has 7 nitrogen and oxygen atoms in total. The zero-order valence-electron chi connectivity index (χ0n) is 22.9. The summed E-state index contributed by atoms with van der Waals surface area (Å²) < 4.78 is 28.4. The van der Waals surface area contributed by atoms with Crippen LogP contribution < -0.4 is 0 Å². The first-order chi connectivity index (χ1) is 16.9. The molecule has 212 valence electrons. The van der Waals surface area contributed by atoms with Gasteiger partial charge in [-0.05, 0) is 57.3 Å². The van der Waals surface area contributed by atoms with E-state index in [1.165, 1.54) is 57.8 Å². The third kappa shape index (κ3) is 23.9. The molecule has 0 bridgehead atoms. The molecule has 0 aliphatic carbocycles. The van der Waals surface area contributed by atoms with Gasteiger partial charge in [0.1, 0.15) is 16.3 Å². The Labute approximate surface area is 228 Å². The van der Waals surface area contributed by atoms with Gasteiger partial charge in [0.15, 0.2) is 0 Å². The van der Waals surface area contributed by atoms with E-state index in [1.54, 1.807) is 35.3 Å². The van der Waals surface area contributed by atoms with Gasteiger partial charge in [-0.25, -0.2) is 19.2 Å². The lowest BCUT2D eigenvalue weighted by molar-refractivity contribution is -0.331. The van der Waals surface area contributed by atoms with E-state index in [0.717, 1.165) is 36.5 Å². The van der Waals surface area contributed by atoms with Crippen molar-refractivity contribution in [1.29, 1.82) is 0 Å². The highest BCUT2D eigenvalue weighted by molar-refractivity contribution is 8.00. The van der Waals surface area contributed by atoms with Gasteiger partial charge in [-0.3, -0.25) is 0 Å². The van der Waals surface area contributed by atoms with Crippen molar-refractivity contribution in [2.45, 2.75) is 135 Å². The molecule has 0 aliphatic rings. The van der Waals surface area contributed by atoms with Crippen LogP contribution in [-0.2, 0) is 33.3 Å². The first-order valence-electron chi connectivity index (χ1n) is 13.4. The molecule has 0 spiro atoms. The fourth-order valence-electron chi connectivity index (χ4n) is 2.79. The molecule has 0 N–H and O–H groups in total. The van der Waals surface area contributed by atoms with Gasteiger partial charge in [-0.15, -0.1) is 49.3 Å². The van der Waals surface area contributed by atoms with Gasteiger partial charge in [0.2, 0.25) is 0 Å². The van der Waals surface area contributed by atoms with Gasteiger partial charge >= 0.3 is 7.82 Å². The predicted molar refractivity (Wildman–Crippen MR) is 152 cm³/mol. The molecule has 0 fully saturated rings. The second kappa shape index (κ2) is 25.3. The third-order valence-corrected chi connectivity index (χ3v) is 8.88. The Kier molecular flexibility index (Phi) is 26.1. The van der Waals surface area contributed by atoms with E-state index < -0.39 is 7.82 Å². The highest BCUT2D eigenvalue weighted by Crippen LogP contribution is 2.52. The molecule has 0 aliphatic heterocycles. The third-order valence-electron chi connectivity index (χ3n) is 4.86. The molecule has 35 heavy (non-hydrogen) atoms. The number of thioether (sulfide) groups is 3. The molecule has 0 saturated heterocycles. The highest BCUT2D eigenvalue weighted by atomic mass is 32.2. The normalized spacial score (nSPS) is 16.2. The molecule has 0 radical (unpaired) electrons. The van der Waals surface area contributed by atoms with Crippen LogP contribution in [0.15, 0.2) is 0 Å². The van der Waals surface area contributed by atoms with Crippen LogP contribution in [0.2, 0.25) is 0 Å². The van der Waals surface area contributed by atoms with Gasteiger partial charge < -0.3 is 0 Å². The molecular formula is C24H51O7PS3. The maximum Gasteiger partial charge on any atom is 0.556 e. The maximum absolute atomic E-state index is 13.1. The van der Waals surface area contributed by atoms with Crippen molar-refractivity contribution >= 4 is 43.1 Å². The van der Waals surface area contributed by atoms with E-state index in [2.05, 4.69) is 20.8 Å². The average molecular weight is 579 g/mol. The highest BCUT2D eigenvalue weighted by Gasteiger charge is 2.35. The van der Waals surface area contributed by atoms with Crippen molar-refractivity contribution < 1.29 is 33.3 Å². The number of hydrogen-bond donors (Lipinski definition) is 0. The topological polar surface area (TPSA) is 72.5 Å². The summed E-state index contributed by atoms with van der Waals surface area (Å²) in [5.41, 5.74) is -1.02. The van der Waals surface area contributed by atoms with Crippen LogP contribution >= 0.6 is 43.1 Å². The van der Waals surface area contributed by atoms with E-state index in [-0.39, 0.29) is 16.3 Å². The summed E-state index contributed by atoms with van der Waals surface area (Å²) in [6.45, 7) is 12.1. The largest absolute Gasteiger partial charge is 0.556 e. The lowest BCUT2D eigenvalue weighted by atomic mass is 10.2. The summed E-state index contributed by atoms with van der Waals surface area (Å²) in [4.78, 5) is 15.9. The molecule has 0 aromatic rings. The Hall–Kier alpha value is 1.04. The Morgan fingerprint density at radius 1 is 0.514 bits per heavy atom. The molecule has 0 saturated carbocycles. The zero-order valence-corrected chi connectivity index (χ0v) is 26.2. The second-order valence-corrected chi connectivity index (χ2v) is 14.0. The lowest BCUT2D eigenvalue weighted by Gasteiger charge is -2.20. The maximum atomic E-state index is 13.1. The SMILES string of the molecule is CCCCCCSC(C)OOP(=O)(OOC(C)SCCCCCC)OOC(C)SCCCCCC. The van der Waals surface area contributed by atoms with Crippen LogP contribution in [0.25, 0.3) is 0 Å². The van der Waals surface area contributed by atoms with Gasteiger partial charge in [-0.2, -0.15) is 0 Å². The summed E-state index contributed by atoms with van der Waals surface area (Å²) in [5.74, 6) is 2.79. The van der Waals surface area contributed by atoms with Crippen LogP contribution in [0.1, 0.15) is 119 Å². The van der Waals surface area contributed by atoms with Gasteiger partial charge in [-0.1, -0.05) is 78.6 Å². The van der Waals surface area contributed by atoms with E-state index >= 15 is 0 Å². The van der Waals surface area contributed by atoms with Crippen LogP contribution in [0.3, 0.4) is 0 Å². The van der Waals surface area contributed by atoms with Crippen molar-refractivity contribution in [2.75, 3.05) is 17.3 Å². The van der Waals surface area contributed by atoms with Gasteiger partial charge in [0, 0.05) is 0 Å². The van der Waals surface area contributed by atoms with Gasteiger partial charge in [0.25, 0.3) is 0 Å². The van der Waals surface area contributed by atoms with E-state index in [4.69, 9.17) is 28.7 Å². The van der Waals surface area contributed by atoms with Crippen molar-refractivity contribution in [2.24, 2.45) is 0 Å². The standard InChI is InChI=1S/C24H51O7PS3/c1-7-10-13-16-19-33-22(4)26-29-32(25,30-27-23(5)34-20-17-14-11-8-2)31-28-24(6)35-21-18-15-12-9-3/h22-24H,7-21H2,1-6H3. The molecule has 0 aromatic heterocycles. The minimum absolute atomic E-state index is 0.340. The number of phosphoric acid groups is 1. The monoisotopic (exact) mass is 578 g/mol. The van der Waals surface area contributed by atoms with Crippen LogP contribution in [0.4, 0.5) is 0 Å². The quantitative estimate of drug-likeness (QED) is 0.0309. The molecule has 0 aromatic carbocycles. The Bertz CT molecular complexity index is 439. The first kappa shape index (κ1) is 36.0. The number of rotatable bonds is 27. The molecular weight excluding hydrogens is 527 g/mol. The summed E-state index contributed by atoms with van der Waals surface area (Å²) in [6, 6.07) is 0. The van der Waals surface area contributed by atoms with Crippen molar-refractivity contribution in [3.8, 4) is 0 Å². The fourth-order valence-corrected chi connectivity index (χ4v) is 6.14. The zero-order chi connectivity index (χ0) is 26.2. The molecule has 3 unspecified atom stereocenters. The molecule has 0 amide bonds. The first-order valence-corrected chi connectivity index (χ1v) is 18.0.